The number of ether oxygens (including phenoxy) is 1. The van der Waals surface area contributed by atoms with Gasteiger partial charge in [0.15, 0.2) is 0 Å². The van der Waals surface area contributed by atoms with Crippen molar-refractivity contribution in [3.05, 3.63) is 29.3 Å². The van der Waals surface area contributed by atoms with Crippen LogP contribution in [0.15, 0.2) is 18.2 Å². The molecule has 6 heteroatoms. The van der Waals surface area contributed by atoms with E-state index in [0.717, 1.165) is 42.7 Å². The molecule has 0 bridgehead atoms. The maximum atomic E-state index is 12.1. The third kappa shape index (κ3) is 5.03. The zero-order valence-electron chi connectivity index (χ0n) is 14.8. The fourth-order valence-electron chi connectivity index (χ4n) is 3.42. The van der Waals surface area contributed by atoms with Crippen LogP contribution in [0.2, 0.25) is 0 Å². The summed E-state index contributed by atoms with van der Waals surface area (Å²) in [6.45, 7) is 4.75. The van der Waals surface area contributed by atoms with Crippen molar-refractivity contribution < 1.29 is 14.3 Å². The highest BCUT2D eigenvalue weighted by Gasteiger charge is 2.18. The van der Waals surface area contributed by atoms with E-state index >= 15 is 0 Å². The summed E-state index contributed by atoms with van der Waals surface area (Å²) in [5, 5.41) is 9.20. The summed E-state index contributed by atoms with van der Waals surface area (Å²) in [4.78, 5) is 23.5. The number of hydrogen-bond acceptors (Lipinski definition) is 4. The van der Waals surface area contributed by atoms with E-state index in [1.165, 1.54) is 6.42 Å². The van der Waals surface area contributed by atoms with E-state index in [2.05, 4.69) is 22.0 Å². The smallest absolute Gasteiger partial charge is 0.246 e. The lowest BCUT2D eigenvalue weighted by atomic mass is 9.98. The lowest BCUT2D eigenvalue weighted by Gasteiger charge is -2.23. The largest absolute Gasteiger partial charge is 0.371 e. The van der Waals surface area contributed by atoms with Crippen molar-refractivity contribution in [1.82, 2.24) is 10.6 Å². The van der Waals surface area contributed by atoms with Gasteiger partial charge in [0.1, 0.15) is 6.61 Å². The number of aryl methyl sites for hydroxylation is 1. The molecule has 136 valence electrons. The van der Waals surface area contributed by atoms with Gasteiger partial charge in [-0.05, 0) is 55.8 Å². The van der Waals surface area contributed by atoms with E-state index < -0.39 is 0 Å². The molecule has 1 aromatic carbocycles. The molecule has 25 heavy (non-hydrogen) atoms. The first-order chi connectivity index (χ1) is 12.1. The molecule has 2 unspecified atom stereocenters. The van der Waals surface area contributed by atoms with Gasteiger partial charge in [0.05, 0.1) is 12.6 Å². The average molecular weight is 345 g/mol. The molecule has 2 aliphatic heterocycles. The normalized spacial score (nSPS) is 21.2. The van der Waals surface area contributed by atoms with Crippen LogP contribution >= 0.6 is 0 Å². The number of benzene rings is 1. The fourth-order valence-corrected chi connectivity index (χ4v) is 3.42. The maximum Gasteiger partial charge on any atom is 0.246 e. The second kappa shape index (κ2) is 8.45. The highest BCUT2D eigenvalue weighted by molar-refractivity contribution is 5.93. The molecule has 1 aromatic rings. The molecule has 2 aliphatic rings. The number of rotatable bonds is 6. The first-order valence-electron chi connectivity index (χ1n) is 9.12. The van der Waals surface area contributed by atoms with Gasteiger partial charge in [0.2, 0.25) is 11.8 Å². The molecule has 2 atom stereocenters. The van der Waals surface area contributed by atoms with E-state index in [0.29, 0.717) is 18.9 Å². The van der Waals surface area contributed by atoms with Crippen molar-refractivity contribution in [3.8, 4) is 0 Å². The number of carbonyl (C=O) groups is 2. The molecule has 0 aliphatic carbocycles. The number of fused-ring (bicyclic) bond motifs is 1. The second-order valence-electron chi connectivity index (χ2n) is 6.98. The van der Waals surface area contributed by atoms with Gasteiger partial charge < -0.3 is 20.7 Å². The quantitative estimate of drug-likeness (QED) is 0.734. The maximum absolute atomic E-state index is 12.1. The monoisotopic (exact) mass is 345 g/mol. The summed E-state index contributed by atoms with van der Waals surface area (Å²) >= 11 is 0. The topological polar surface area (TPSA) is 79.5 Å². The van der Waals surface area contributed by atoms with Crippen molar-refractivity contribution in [2.24, 2.45) is 5.92 Å². The van der Waals surface area contributed by atoms with E-state index in [-0.39, 0.29) is 24.5 Å². The third-order valence-electron chi connectivity index (χ3n) is 4.89. The predicted octanol–water partition coefficient (Wildman–Crippen LogP) is 1.76. The number of carbonyl (C=O) groups excluding carboxylic acids is 2. The number of anilines is 1. The Kier molecular flexibility index (Phi) is 6.04. The summed E-state index contributed by atoms with van der Waals surface area (Å²) in [5.41, 5.74) is 3.04. The van der Waals surface area contributed by atoms with Crippen molar-refractivity contribution in [2.45, 2.75) is 38.6 Å². The Bertz CT molecular complexity index is 626. The molecular formula is C19H27N3O3. The summed E-state index contributed by atoms with van der Waals surface area (Å²) in [7, 11) is 0. The van der Waals surface area contributed by atoms with Crippen LogP contribution in [0.5, 0.6) is 0 Å². The van der Waals surface area contributed by atoms with Gasteiger partial charge in [-0.15, -0.1) is 0 Å². The number of nitrogens with one attached hydrogen (secondary N) is 3. The molecule has 0 spiro atoms. The van der Waals surface area contributed by atoms with Crippen LogP contribution in [-0.2, 0) is 20.7 Å². The summed E-state index contributed by atoms with van der Waals surface area (Å²) in [5.74, 6) is 0.476. The highest BCUT2D eigenvalue weighted by Crippen LogP contribution is 2.26. The summed E-state index contributed by atoms with van der Waals surface area (Å²) < 4.78 is 5.57. The Morgan fingerprint density at radius 3 is 3.08 bits per heavy atom. The van der Waals surface area contributed by atoms with Crippen LogP contribution in [-0.4, -0.2) is 38.1 Å². The number of amides is 2. The minimum atomic E-state index is -0.0951. The molecule has 0 aromatic heterocycles. The third-order valence-corrected chi connectivity index (χ3v) is 4.89. The van der Waals surface area contributed by atoms with Gasteiger partial charge in [-0.1, -0.05) is 12.1 Å². The lowest BCUT2D eigenvalue weighted by molar-refractivity contribution is -0.126. The van der Waals surface area contributed by atoms with Gasteiger partial charge in [-0.3, -0.25) is 9.59 Å². The summed E-state index contributed by atoms with van der Waals surface area (Å²) in [6, 6.07) is 5.84. The Balaban J connectivity index is 1.45. The van der Waals surface area contributed by atoms with E-state index in [4.69, 9.17) is 4.74 Å². The van der Waals surface area contributed by atoms with Gasteiger partial charge in [-0.2, -0.15) is 0 Å². The van der Waals surface area contributed by atoms with Gasteiger partial charge in [0.25, 0.3) is 0 Å². The van der Waals surface area contributed by atoms with Gasteiger partial charge in [-0.25, -0.2) is 0 Å². The minimum absolute atomic E-state index is 0.0620. The Hall–Kier alpha value is -1.92. The highest BCUT2D eigenvalue weighted by atomic mass is 16.5. The molecule has 3 rings (SSSR count). The molecule has 1 fully saturated rings. The first-order valence-corrected chi connectivity index (χ1v) is 9.12. The standard InChI is InChI=1S/C19H27N3O3/c1-13(15-4-6-17-16(9-15)5-7-18(23)22-17)21-19(24)12-25-11-14-3-2-8-20-10-14/h4,6,9,13-14,20H,2-3,5,7-8,10-12H2,1H3,(H,21,24)(H,22,23). The second-order valence-corrected chi connectivity index (χ2v) is 6.98. The van der Waals surface area contributed by atoms with Crippen LogP contribution < -0.4 is 16.0 Å². The van der Waals surface area contributed by atoms with Crippen LogP contribution in [0.1, 0.15) is 43.4 Å². The molecule has 0 saturated carbocycles. The number of hydrogen-bond donors (Lipinski definition) is 3. The van der Waals surface area contributed by atoms with Gasteiger partial charge >= 0.3 is 0 Å². The summed E-state index contributed by atoms with van der Waals surface area (Å²) in [6.07, 6.45) is 3.60. The average Bonchev–Trinajstić information content (AvgIpc) is 2.62. The van der Waals surface area contributed by atoms with E-state index in [1.807, 2.05) is 19.1 Å². The Morgan fingerprint density at radius 2 is 2.28 bits per heavy atom. The van der Waals surface area contributed by atoms with Crippen LogP contribution in [0.4, 0.5) is 5.69 Å². The van der Waals surface area contributed by atoms with Crippen LogP contribution in [0.3, 0.4) is 0 Å². The van der Waals surface area contributed by atoms with E-state index in [1.54, 1.807) is 0 Å². The van der Waals surface area contributed by atoms with Crippen LogP contribution in [0, 0.1) is 5.92 Å². The molecule has 0 radical (unpaired) electrons. The first kappa shape index (κ1) is 17.9. The molecular weight excluding hydrogens is 318 g/mol. The Labute approximate surface area is 148 Å². The Morgan fingerprint density at radius 1 is 1.40 bits per heavy atom. The lowest BCUT2D eigenvalue weighted by Crippen LogP contribution is -2.34. The minimum Gasteiger partial charge on any atom is -0.371 e. The zero-order chi connectivity index (χ0) is 17.6. The predicted molar refractivity (Wildman–Crippen MR) is 96.4 cm³/mol. The van der Waals surface area contributed by atoms with E-state index in [9.17, 15) is 9.59 Å². The van der Waals surface area contributed by atoms with Crippen molar-refractivity contribution in [2.75, 3.05) is 31.6 Å². The zero-order valence-corrected chi connectivity index (χ0v) is 14.8. The van der Waals surface area contributed by atoms with Crippen molar-refractivity contribution >= 4 is 17.5 Å². The van der Waals surface area contributed by atoms with Crippen molar-refractivity contribution in [3.63, 3.8) is 0 Å². The number of piperidine rings is 1. The fraction of sp³-hybridized carbons (Fsp3) is 0.579. The van der Waals surface area contributed by atoms with Crippen LogP contribution in [0.25, 0.3) is 0 Å². The molecule has 3 N–H and O–H groups in total. The molecule has 2 amide bonds. The molecule has 1 saturated heterocycles. The molecule has 6 nitrogen and oxygen atoms in total. The van der Waals surface area contributed by atoms with Gasteiger partial charge in [0, 0.05) is 18.7 Å². The van der Waals surface area contributed by atoms with Crippen molar-refractivity contribution in [1.29, 1.82) is 0 Å². The molecule has 2 heterocycles. The SMILES string of the molecule is CC(NC(=O)COCC1CCCNC1)c1ccc2c(c1)CCC(=O)N2.